The number of rotatable bonds is 6. The van der Waals surface area contributed by atoms with Gasteiger partial charge in [0.15, 0.2) is 0 Å². The molecule has 0 saturated carbocycles. The fourth-order valence-corrected chi connectivity index (χ4v) is 8.97. The Morgan fingerprint density at radius 1 is 0.268 bits per heavy atom. The van der Waals surface area contributed by atoms with Crippen molar-refractivity contribution >= 4 is 66.7 Å². The summed E-state index contributed by atoms with van der Waals surface area (Å²) in [6, 6.07) is 64.7. The zero-order valence-electron chi connectivity index (χ0n) is 22.3. The molecule has 0 saturated heterocycles. The minimum atomic E-state index is -0.446. The van der Waals surface area contributed by atoms with Gasteiger partial charge in [-0.2, -0.15) is 0 Å². The predicted octanol–water partition coefficient (Wildman–Crippen LogP) is 8.27. The van der Waals surface area contributed by atoms with Crippen LogP contribution in [-0.2, 0) is 15.9 Å². The second kappa shape index (κ2) is 18.1. The van der Waals surface area contributed by atoms with Gasteiger partial charge in [-0.25, -0.2) is 0 Å². The van der Waals surface area contributed by atoms with Crippen LogP contribution in [0.1, 0.15) is 0 Å². The number of hydrogen-bond acceptors (Lipinski definition) is 0. The van der Waals surface area contributed by atoms with Crippen molar-refractivity contribution in [3.63, 3.8) is 0 Å². The summed E-state index contributed by atoms with van der Waals surface area (Å²) in [5.74, 6) is 0. The van der Waals surface area contributed by atoms with E-state index >= 15 is 0 Å². The Morgan fingerprint density at radius 3 is 0.512 bits per heavy atom. The van der Waals surface area contributed by atoms with Crippen LogP contribution in [0.4, 0.5) is 0 Å². The number of hydrogen-bond donors (Lipinski definition) is 0. The summed E-state index contributed by atoms with van der Waals surface area (Å²) in [6.45, 7) is 0. The van der Waals surface area contributed by atoms with E-state index in [2.05, 4.69) is 182 Å². The molecular weight excluding hydrogens is 672 g/mol. The minimum absolute atomic E-state index is 0.106. The second-order valence-corrected chi connectivity index (χ2v) is 15.5. The van der Waals surface area contributed by atoms with Crippen molar-refractivity contribution in [2.45, 2.75) is 0 Å². The summed E-state index contributed by atoms with van der Waals surface area (Å²) in [7, 11) is 8.74. The molecule has 207 valence electrons. The molecule has 0 aliphatic heterocycles. The molecule has 0 fully saturated rings. The van der Waals surface area contributed by atoms with E-state index in [4.69, 9.17) is 19.1 Å². The van der Waals surface area contributed by atoms with Crippen molar-refractivity contribution in [1.82, 2.24) is 0 Å². The Bertz CT molecular complexity index is 1200. The van der Waals surface area contributed by atoms with Crippen LogP contribution in [0.5, 0.6) is 0 Å². The van der Waals surface area contributed by atoms with Crippen molar-refractivity contribution in [3.8, 4) is 0 Å². The molecule has 0 aliphatic rings. The molecule has 5 heteroatoms. The normalized spacial score (nSPS) is 10.3. The predicted molar refractivity (Wildman–Crippen MR) is 182 cm³/mol. The van der Waals surface area contributed by atoms with Crippen LogP contribution in [0.15, 0.2) is 182 Å². The molecule has 0 N–H and O–H groups in total. The molecule has 0 atom stereocenters. The van der Waals surface area contributed by atoms with Gasteiger partial charge in [0.1, 0.15) is 0 Å². The zero-order valence-corrected chi connectivity index (χ0v) is 27.1. The SMILES string of the molecule is [Cl][Pd+][Cl].c1ccc(P(c2ccccc2)c2ccccc2)cc1.c1ccc(P(c2ccccc2)c2ccccc2)cc1. The van der Waals surface area contributed by atoms with E-state index in [9.17, 15) is 0 Å². The first-order chi connectivity index (χ1) is 20.3. The van der Waals surface area contributed by atoms with Crippen LogP contribution < -0.4 is 31.8 Å². The van der Waals surface area contributed by atoms with E-state index in [0.29, 0.717) is 0 Å². The van der Waals surface area contributed by atoms with Crippen LogP contribution in [-0.4, -0.2) is 0 Å². The third-order valence-electron chi connectivity index (χ3n) is 6.09. The summed E-state index contributed by atoms with van der Waals surface area (Å²) in [5, 5.41) is 8.39. The standard InChI is InChI=1S/2C18H15P.2ClH.Pd/c2*1-4-10-16(11-5-1)19(17-12-6-2-7-13-17)18-14-8-3-9-15-18;;;/h2*1-15H;2*1H;/q;;;;+3/p-2. The summed E-state index contributed by atoms with van der Waals surface area (Å²) in [4.78, 5) is 0. The maximum Gasteiger partial charge on any atom is -0.0134 e. The molecule has 0 spiro atoms. The molecule has 0 aliphatic carbocycles. The summed E-state index contributed by atoms with van der Waals surface area (Å²) >= 11 is -0.106. The van der Waals surface area contributed by atoms with E-state index in [-0.39, 0.29) is 15.9 Å². The zero-order chi connectivity index (χ0) is 28.5. The van der Waals surface area contributed by atoms with Gasteiger partial charge in [0, 0.05) is 0 Å². The van der Waals surface area contributed by atoms with Crippen molar-refractivity contribution < 1.29 is 15.9 Å². The van der Waals surface area contributed by atoms with E-state index in [1.165, 1.54) is 31.8 Å². The topological polar surface area (TPSA) is 0 Å². The summed E-state index contributed by atoms with van der Waals surface area (Å²) in [6.07, 6.45) is 0. The third kappa shape index (κ3) is 9.74. The van der Waals surface area contributed by atoms with Crippen LogP contribution >= 0.6 is 34.9 Å². The molecule has 6 aromatic rings. The van der Waals surface area contributed by atoms with Crippen molar-refractivity contribution in [2.24, 2.45) is 0 Å². The van der Waals surface area contributed by atoms with Crippen LogP contribution in [0, 0.1) is 0 Å². The van der Waals surface area contributed by atoms with Gasteiger partial charge in [0.2, 0.25) is 0 Å². The van der Waals surface area contributed by atoms with Gasteiger partial charge in [-0.05, 0) is 47.7 Å². The Labute approximate surface area is 263 Å². The third-order valence-corrected chi connectivity index (χ3v) is 11.0. The monoisotopic (exact) mass is 700 g/mol. The smallest absolute Gasteiger partial charge is 0.0134 e. The van der Waals surface area contributed by atoms with E-state index < -0.39 is 15.8 Å². The van der Waals surface area contributed by atoms with Crippen LogP contribution in [0.25, 0.3) is 0 Å². The first-order valence-electron chi connectivity index (χ1n) is 13.0. The van der Waals surface area contributed by atoms with E-state index in [0.717, 1.165) is 0 Å². The van der Waals surface area contributed by atoms with E-state index in [1.54, 1.807) is 0 Å². The average molecular weight is 702 g/mol. The summed E-state index contributed by atoms with van der Waals surface area (Å²) < 4.78 is 0. The molecule has 0 radical (unpaired) electrons. The van der Waals surface area contributed by atoms with Crippen molar-refractivity contribution in [2.75, 3.05) is 0 Å². The molecule has 0 amide bonds. The van der Waals surface area contributed by atoms with E-state index in [1.807, 2.05) is 0 Å². The maximum absolute atomic E-state index is 4.81. The van der Waals surface area contributed by atoms with Crippen LogP contribution in [0.3, 0.4) is 0 Å². The molecular formula is C36H30Cl2P2Pd+. The average Bonchev–Trinajstić information content (AvgIpc) is 3.05. The maximum atomic E-state index is 4.81. The molecule has 41 heavy (non-hydrogen) atoms. The molecule has 0 nitrogen and oxygen atoms in total. The van der Waals surface area contributed by atoms with Gasteiger partial charge in [-0.15, -0.1) is 0 Å². The van der Waals surface area contributed by atoms with Crippen molar-refractivity contribution in [1.29, 1.82) is 0 Å². The Balaban J connectivity index is 0.000000173. The minimum Gasteiger partial charge on any atom is -0.0622 e. The molecule has 6 rings (SSSR count). The fraction of sp³-hybridized carbons (Fsp3) is 0. The number of halogens is 2. The molecule has 0 heterocycles. The largest absolute Gasteiger partial charge is 0.0622 e. The second-order valence-electron chi connectivity index (χ2n) is 8.73. The Morgan fingerprint density at radius 2 is 0.390 bits per heavy atom. The Hall–Kier alpha value is -2.58. The number of benzene rings is 6. The van der Waals surface area contributed by atoms with Gasteiger partial charge < -0.3 is 0 Å². The van der Waals surface area contributed by atoms with Gasteiger partial charge >= 0.3 is 35.0 Å². The first-order valence-corrected chi connectivity index (χ1v) is 19.7. The fourth-order valence-electron chi connectivity index (χ4n) is 4.36. The van der Waals surface area contributed by atoms with Gasteiger partial charge in [-0.3, -0.25) is 0 Å². The van der Waals surface area contributed by atoms with Gasteiger partial charge in [0.05, 0.1) is 0 Å². The quantitative estimate of drug-likeness (QED) is 0.121. The summed E-state index contributed by atoms with van der Waals surface area (Å²) in [5.41, 5.74) is 0. The molecule has 6 aromatic carbocycles. The van der Waals surface area contributed by atoms with Crippen LogP contribution in [0.2, 0.25) is 0 Å². The first kappa shape index (κ1) is 31.4. The molecule has 0 unspecified atom stereocenters. The van der Waals surface area contributed by atoms with Gasteiger partial charge in [-0.1, -0.05) is 182 Å². The molecule has 0 bridgehead atoms. The Kier molecular flexibility index (Phi) is 13.8. The van der Waals surface area contributed by atoms with Crippen molar-refractivity contribution in [3.05, 3.63) is 182 Å². The molecule has 0 aromatic heterocycles. The van der Waals surface area contributed by atoms with Gasteiger partial charge in [0.25, 0.3) is 0 Å².